The molecule has 6 heteroatoms. The van der Waals surface area contributed by atoms with Crippen molar-refractivity contribution in [2.75, 3.05) is 44.8 Å². The summed E-state index contributed by atoms with van der Waals surface area (Å²) in [5.41, 5.74) is 1.30. The van der Waals surface area contributed by atoms with Gasteiger partial charge in [-0.2, -0.15) is 0 Å². The molecule has 2 N–H and O–H groups in total. The number of anilines is 1. The van der Waals surface area contributed by atoms with Crippen molar-refractivity contribution < 1.29 is 4.74 Å². The van der Waals surface area contributed by atoms with E-state index >= 15 is 0 Å². The van der Waals surface area contributed by atoms with E-state index in [1.165, 1.54) is 5.69 Å². The van der Waals surface area contributed by atoms with Crippen LogP contribution in [0.4, 0.5) is 5.69 Å². The summed E-state index contributed by atoms with van der Waals surface area (Å²) in [7, 11) is 1.83. The van der Waals surface area contributed by atoms with Crippen molar-refractivity contribution in [3.63, 3.8) is 0 Å². The Morgan fingerprint density at radius 3 is 2.76 bits per heavy atom. The Kier molecular flexibility index (Phi) is 10.9. The quantitative estimate of drug-likeness (QED) is 0.271. The molecule has 0 spiro atoms. The highest BCUT2D eigenvalue weighted by molar-refractivity contribution is 14.0. The first kappa shape index (κ1) is 22.0. The van der Waals surface area contributed by atoms with Gasteiger partial charge in [0.2, 0.25) is 0 Å². The van der Waals surface area contributed by atoms with E-state index in [1.54, 1.807) is 0 Å². The molecule has 0 aromatic heterocycles. The molecule has 1 aromatic carbocycles. The molecule has 25 heavy (non-hydrogen) atoms. The molecule has 0 amide bonds. The number of para-hydroxylation sites is 1. The Labute approximate surface area is 169 Å². The van der Waals surface area contributed by atoms with E-state index in [1.807, 2.05) is 7.05 Å². The Hall–Kier alpha value is -1.02. The van der Waals surface area contributed by atoms with Crippen molar-refractivity contribution in [2.24, 2.45) is 10.9 Å². The molecule has 1 aromatic rings. The number of hydrogen-bond acceptors (Lipinski definition) is 3. The van der Waals surface area contributed by atoms with Gasteiger partial charge in [0, 0.05) is 51.6 Å². The maximum atomic E-state index is 5.60. The zero-order chi connectivity index (χ0) is 17.2. The van der Waals surface area contributed by atoms with Crippen molar-refractivity contribution >= 4 is 35.6 Å². The predicted octanol–water partition coefficient (Wildman–Crippen LogP) is 3.11. The lowest BCUT2D eigenvalue weighted by atomic mass is 10.2. The Balaban J connectivity index is 0.00000312. The summed E-state index contributed by atoms with van der Waals surface area (Å²) in [5.74, 6) is 1.49. The monoisotopic (exact) mass is 460 g/mol. The molecule has 1 heterocycles. The lowest BCUT2D eigenvalue weighted by Gasteiger charge is -2.20. The number of halogens is 1. The number of nitrogens with one attached hydrogen (secondary N) is 2. The van der Waals surface area contributed by atoms with Crippen LogP contribution in [0, 0.1) is 5.92 Å². The molecular weight excluding hydrogens is 427 g/mol. The molecule has 0 radical (unpaired) electrons. The van der Waals surface area contributed by atoms with E-state index < -0.39 is 0 Å². The molecule has 0 aliphatic carbocycles. The second-order valence-corrected chi connectivity index (χ2v) is 6.73. The number of hydrogen-bond donors (Lipinski definition) is 2. The van der Waals surface area contributed by atoms with Crippen LogP contribution in [0.3, 0.4) is 0 Å². The number of guanidine groups is 1. The van der Waals surface area contributed by atoms with Crippen LogP contribution < -0.4 is 15.5 Å². The van der Waals surface area contributed by atoms with Gasteiger partial charge in [0.25, 0.3) is 0 Å². The van der Waals surface area contributed by atoms with Gasteiger partial charge in [0.1, 0.15) is 0 Å². The van der Waals surface area contributed by atoms with Gasteiger partial charge < -0.3 is 20.3 Å². The third-order valence-corrected chi connectivity index (χ3v) is 4.08. The second kappa shape index (κ2) is 12.4. The molecular formula is C19H33IN4O. The third-order valence-electron chi connectivity index (χ3n) is 4.08. The maximum Gasteiger partial charge on any atom is 0.191 e. The summed E-state index contributed by atoms with van der Waals surface area (Å²) < 4.78 is 5.60. The van der Waals surface area contributed by atoms with Crippen LogP contribution in [0.5, 0.6) is 0 Å². The summed E-state index contributed by atoms with van der Waals surface area (Å²) >= 11 is 0. The minimum Gasteiger partial charge on any atom is -0.381 e. The molecule has 142 valence electrons. The van der Waals surface area contributed by atoms with Crippen LogP contribution in [0.15, 0.2) is 35.3 Å². The zero-order valence-electron chi connectivity index (χ0n) is 15.7. The minimum absolute atomic E-state index is 0. The van der Waals surface area contributed by atoms with E-state index in [4.69, 9.17) is 4.74 Å². The van der Waals surface area contributed by atoms with Crippen LogP contribution >= 0.6 is 24.0 Å². The highest BCUT2D eigenvalue weighted by atomic mass is 127. The fourth-order valence-corrected chi connectivity index (χ4v) is 2.84. The van der Waals surface area contributed by atoms with Crippen molar-refractivity contribution in [1.82, 2.24) is 10.6 Å². The molecule has 2 rings (SSSR count). The van der Waals surface area contributed by atoms with Crippen LogP contribution in [0.1, 0.15) is 26.7 Å². The first-order chi connectivity index (χ1) is 11.7. The normalized spacial score (nSPS) is 17.5. The summed E-state index contributed by atoms with van der Waals surface area (Å²) in [6.45, 7) is 8.96. The van der Waals surface area contributed by atoms with Gasteiger partial charge in [-0.25, -0.2) is 0 Å². The lowest BCUT2D eigenvalue weighted by Crippen LogP contribution is -2.45. The topological polar surface area (TPSA) is 48.9 Å². The number of benzene rings is 1. The van der Waals surface area contributed by atoms with Crippen molar-refractivity contribution in [1.29, 1.82) is 0 Å². The summed E-state index contributed by atoms with van der Waals surface area (Å²) in [6.07, 6.45) is 2.13. The minimum atomic E-state index is 0. The highest BCUT2D eigenvalue weighted by Crippen LogP contribution is 2.19. The smallest absolute Gasteiger partial charge is 0.191 e. The van der Waals surface area contributed by atoms with Gasteiger partial charge >= 0.3 is 0 Å². The average Bonchev–Trinajstić information content (AvgIpc) is 3.06. The van der Waals surface area contributed by atoms with Crippen LogP contribution in [0.25, 0.3) is 0 Å². The highest BCUT2D eigenvalue weighted by Gasteiger charge is 2.23. The fourth-order valence-electron chi connectivity index (χ4n) is 2.84. The number of rotatable bonds is 8. The average molecular weight is 460 g/mol. The Morgan fingerprint density at radius 1 is 1.32 bits per heavy atom. The lowest BCUT2D eigenvalue weighted by molar-refractivity contribution is 0.108. The first-order valence-electron chi connectivity index (χ1n) is 9.04. The molecule has 0 saturated carbocycles. The molecule has 0 bridgehead atoms. The summed E-state index contributed by atoms with van der Waals surface area (Å²) in [5, 5.41) is 6.91. The van der Waals surface area contributed by atoms with Gasteiger partial charge in [-0.15, -0.1) is 24.0 Å². The SMILES string of the molecule is CN=C(NCCCOCC(C)C)NC1CCN(c2ccccc2)C1.I. The molecule has 1 aliphatic rings. The van der Waals surface area contributed by atoms with E-state index in [2.05, 4.69) is 64.7 Å². The first-order valence-corrected chi connectivity index (χ1v) is 9.04. The predicted molar refractivity (Wildman–Crippen MR) is 117 cm³/mol. The van der Waals surface area contributed by atoms with E-state index in [0.717, 1.165) is 51.6 Å². The summed E-state index contributed by atoms with van der Waals surface area (Å²) in [4.78, 5) is 6.75. The molecule has 1 aliphatic heterocycles. The van der Waals surface area contributed by atoms with Crippen molar-refractivity contribution in [3.8, 4) is 0 Å². The van der Waals surface area contributed by atoms with Crippen molar-refractivity contribution in [2.45, 2.75) is 32.7 Å². The van der Waals surface area contributed by atoms with Crippen LogP contribution in [-0.4, -0.2) is 51.9 Å². The maximum absolute atomic E-state index is 5.60. The molecule has 5 nitrogen and oxygen atoms in total. The molecule has 1 unspecified atom stereocenters. The Bertz CT molecular complexity index is 495. The van der Waals surface area contributed by atoms with E-state index in [0.29, 0.717) is 12.0 Å². The summed E-state index contributed by atoms with van der Waals surface area (Å²) in [6, 6.07) is 11.0. The fraction of sp³-hybridized carbons (Fsp3) is 0.632. The standard InChI is InChI=1S/C19H32N4O.HI/c1-16(2)15-24-13-7-11-21-19(20-3)22-17-10-12-23(14-17)18-8-5-4-6-9-18;/h4-6,8-9,16-17H,7,10-15H2,1-3H3,(H2,20,21,22);1H. The third kappa shape index (κ3) is 8.27. The number of ether oxygens (including phenoxy) is 1. The number of nitrogens with zero attached hydrogens (tertiary/aromatic N) is 2. The van der Waals surface area contributed by atoms with E-state index in [-0.39, 0.29) is 24.0 Å². The van der Waals surface area contributed by atoms with Gasteiger partial charge in [-0.1, -0.05) is 32.0 Å². The zero-order valence-corrected chi connectivity index (χ0v) is 18.0. The van der Waals surface area contributed by atoms with Crippen LogP contribution in [0.2, 0.25) is 0 Å². The van der Waals surface area contributed by atoms with Gasteiger partial charge in [0.05, 0.1) is 0 Å². The van der Waals surface area contributed by atoms with Crippen LogP contribution in [-0.2, 0) is 4.74 Å². The molecule has 1 fully saturated rings. The van der Waals surface area contributed by atoms with Gasteiger partial charge in [0.15, 0.2) is 5.96 Å². The van der Waals surface area contributed by atoms with E-state index in [9.17, 15) is 0 Å². The Morgan fingerprint density at radius 2 is 2.08 bits per heavy atom. The van der Waals surface area contributed by atoms with Gasteiger partial charge in [-0.3, -0.25) is 4.99 Å². The number of aliphatic imine (C=N–C) groups is 1. The second-order valence-electron chi connectivity index (χ2n) is 6.73. The molecule has 1 atom stereocenters. The van der Waals surface area contributed by atoms with Gasteiger partial charge in [-0.05, 0) is 30.9 Å². The largest absolute Gasteiger partial charge is 0.381 e. The van der Waals surface area contributed by atoms with Crippen molar-refractivity contribution in [3.05, 3.63) is 30.3 Å². The molecule has 1 saturated heterocycles.